The molecule has 5 nitrogen and oxygen atoms in total. The number of nitrogens with one attached hydrogen (secondary N) is 2. The SMILES string of the molecule is CN(C)CCCNC(=O)NN. The van der Waals surface area contributed by atoms with Crippen LogP contribution in [0.4, 0.5) is 4.79 Å². The van der Waals surface area contributed by atoms with Crippen LogP contribution in [0.3, 0.4) is 0 Å². The van der Waals surface area contributed by atoms with Crippen LogP contribution in [0.5, 0.6) is 0 Å². The van der Waals surface area contributed by atoms with E-state index in [0.717, 1.165) is 13.0 Å². The Bertz CT molecular complexity index is 115. The molecular formula is C6H16N4O. The molecule has 0 radical (unpaired) electrons. The fraction of sp³-hybridized carbons (Fsp3) is 0.833. The van der Waals surface area contributed by atoms with Crippen LogP contribution in [-0.4, -0.2) is 38.1 Å². The van der Waals surface area contributed by atoms with E-state index in [1.165, 1.54) is 0 Å². The molecule has 0 heterocycles. The third-order valence-electron chi connectivity index (χ3n) is 1.20. The number of hydrogen-bond donors (Lipinski definition) is 3. The molecule has 66 valence electrons. The molecule has 0 spiro atoms. The number of nitrogens with two attached hydrogens (primary N) is 1. The predicted octanol–water partition coefficient (Wildman–Crippen LogP) is -0.889. The summed E-state index contributed by atoms with van der Waals surface area (Å²) in [6, 6.07) is -0.330. The number of carbonyl (C=O) groups is 1. The summed E-state index contributed by atoms with van der Waals surface area (Å²) < 4.78 is 0. The molecule has 2 amide bonds. The fourth-order valence-corrected chi connectivity index (χ4v) is 0.648. The largest absolute Gasteiger partial charge is 0.337 e. The molecule has 4 N–H and O–H groups in total. The van der Waals surface area contributed by atoms with Crippen molar-refractivity contribution < 1.29 is 4.79 Å². The smallest absolute Gasteiger partial charge is 0.328 e. The van der Waals surface area contributed by atoms with E-state index < -0.39 is 0 Å². The lowest BCUT2D eigenvalue weighted by Crippen LogP contribution is -2.40. The Morgan fingerprint density at radius 3 is 2.64 bits per heavy atom. The van der Waals surface area contributed by atoms with Crippen molar-refractivity contribution in [1.29, 1.82) is 0 Å². The number of nitrogens with zero attached hydrogens (tertiary/aromatic N) is 1. The lowest BCUT2D eigenvalue weighted by molar-refractivity contribution is 0.240. The quantitative estimate of drug-likeness (QED) is 0.216. The second kappa shape index (κ2) is 5.94. The lowest BCUT2D eigenvalue weighted by atomic mass is 10.4. The van der Waals surface area contributed by atoms with Crippen molar-refractivity contribution in [2.45, 2.75) is 6.42 Å². The maximum absolute atomic E-state index is 10.5. The Labute approximate surface area is 66.9 Å². The van der Waals surface area contributed by atoms with E-state index in [1.807, 2.05) is 19.5 Å². The molecule has 0 saturated carbocycles. The van der Waals surface area contributed by atoms with Gasteiger partial charge in [-0.2, -0.15) is 0 Å². The molecule has 0 atom stereocenters. The highest BCUT2D eigenvalue weighted by Crippen LogP contribution is 1.79. The summed E-state index contributed by atoms with van der Waals surface area (Å²) in [4.78, 5) is 12.6. The molecule has 11 heavy (non-hydrogen) atoms. The zero-order valence-electron chi connectivity index (χ0n) is 7.05. The minimum Gasteiger partial charge on any atom is -0.337 e. The molecule has 0 bridgehead atoms. The topological polar surface area (TPSA) is 70.4 Å². The van der Waals surface area contributed by atoms with E-state index in [2.05, 4.69) is 10.2 Å². The van der Waals surface area contributed by atoms with Gasteiger partial charge in [0.05, 0.1) is 0 Å². The van der Waals surface area contributed by atoms with Gasteiger partial charge >= 0.3 is 6.03 Å². The van der Waals surface area contributed by atoms with Crippen molar-refractivity contribution in [2.24, 2.45) is 5.84 Å². The van der Waals surface area contributed by atoms with Gasteiger partial charge in [-0.1, -0.05) is 0 Å². The van der Waals surface area contributed by atoms with Gasteiger partial charge in [-0.15, -0.1) is 0 Å². The Morgan fingerprint density at radius 2 is 2.18 bits per heavy atom. The van der Waals surface area contributed by atoms with Gasteiger partial charge in [-0.3, -0.25) is 5.43 Å². The molecule has 0 rings (SSSR count). The van der Waals surface area contributed by atoms with Crippen LogP contribution >= 0.6 is 0 Å². The zero-order valence-corrected chi connectivity index (χ0v) is 7.05. The monoisotopic (exact) mass is 160 g/mol. The number of hydrogen-bond acceptors (Lipinski definition) is 3. The Kier molecular flexibility index (Phi) is 5.50. The van der Waals surface area contributed by atoms with Crippen LogP contribution in [0.1, 0.15) is 6.42 Å². The molecular weight excluding hydrogens is 144 g/mol. The van der Waals surface area contributed by atoms with Crippen molar-refractivity contribution in [3.63, 3.8) is 0 Å². The van der Waals surface area contributed by atoms with Gasteiger partial charge in [0.2, 0.25) is 0 Å². The second-order valence-corrected chi connectivity index (χ2v) is 2.56. The Morgan fingerprint density at radius 1 is 1.55 bits per heavy atom. The van der Waals surface area contributed by atoms with Crippen molar-refractivity contribution >= 4 is 6.03 Å². The molecule has 0 aliphatic carbocycles. The predicted molar refractivity (Wildman–Crippen MR) is 43.9 cm³/mol. The summed E-state index contributed by atoms with van der Waals surface area (Å²) in [5.41, 5.74) is 1.99. The molecule has 0 aliphatic rings. The van der Waals surface area contributed by atoms with Crippen LogP contribution < -0.4 is 16.6 Å². The molecule has 0 aromatic carbocycles. The van der Waals surface area contributed by atoms with Gasteiger partial charge in [0.25, 0.3) is 0 Å². The Hall–Kier alpha value is -0.810. The standard InChI is InChI=1S/C6H16N4O/c1-10(2)5-3-4-8-6(11)9-7/h3-5,7H2,1-2H3,(H2,8,9,11). The summed E-state index contributed by atoms with van der Waals surface area (Å²) in [6.45, 7) is 1.62. The number of urea groups is 1. The minimum absolute atomic E-state index is 0.330. The fourth-order valence-electron chi connectivity index (χ4n) is 0.648. The first-order valence-corrected chi connectivity index (χ1v) is 3.56. The maximum Gasteiger partial charge on any atom is 0.328 e. The molecule has 0 fully saturated rings. The van der Waals surface area contributed by atoms with Gasteiger partial charge in [0.1, 0.15) is 0 Å². The molecule has 0 unspecified atom stereocenters. The summed E-state index contributed by atoms with van der Waals surface area (Å²) >= 11 is 0. The minimum atomic E-state index is -0.330. The van der Waals surface area contributed by atoms with Crippen LogP contribution in [0, 0.1) is 0 Å². The first-order valence-electron chi connectivity index (χ1n) is 3.56. The van der Waals surface area contributed by atoms with E-state index in [0.29, 0.717) is 6.54 Å². The van der Waals surface area contributed by atoms with E-state index in [4.69, 9.17) is 5.84 Å². The molecule has 0 saturated heterocycles. The van der Waals surface area contributed by atoms with E-state index >= 15 is 0 Å². The summed E-state index contributed by atoms with van der Waals surface area (Å²) in [5, 5.41) is 2.59. The number of rotatable bonds is 4. The van der Waals surface area contributed by atoms with E-state index in [-0.39, 0.29) is 6.03 Å². The third kappa shape index (κ3) is 7.08. The average molecular weight is 160 g/mol. The van der Waals surface area contributed by atoms with Gasteiger partial charge in [-0.25, -0.2) is 10.6 Å². The van der Waals surface area contributed by atoms with Gasteiger partial charge in [-0.05, 0) is 27.1 Å². The van der Waals surface area contributed by atoms with E-state index in [1.54, 1.807) is 0 Å². The normalized spacial score (nSPS) is 9.82. The molecule has 0 aromatic rings. The lowest BCUT2D eigenvalue weighted by Gasteiger charge is -2.09. The number of carbonyl (C=O) groups excluding carboxylic acids is 1. The molecule has 0 aromatic heterocycles. The van der Waals surface area contributed by atoms with Crippen molar-refractivity contribution in [1.82, 2.24) is 15.6 Å². The molecule has 0 aliphatic heterocycles. The van der Waals surface area contributed by atoms with Gasteiger partial charge in [0.15, 0.2) is 0 Å². The van der Waals surface area contributed by atoms with E-state index in [9.17, 15) is 4.79 Å². The van der Waals surface area contributed by atoms with Crippen molar-refractivity contribution in [3.05, 3.63) is 0 Å². The Balaban J connectivity index is 3.08. The summed E-state index contributed by atoms with van der Waals surface area (Å²) in [7, 11) is 3.98. The van der Waals surface area contributed by atoms with Crippen LogP contribution in [0.25, 0.3) is 0 Å². The van der Waals surface area contributed by atoms with Crippen LogP contribution in [0.2, 0.25) is 0 Å². The average Bonchev–Trinajstić information content (AvgIpc) is 1.97. The first-order chi connectivity index (χ1) is 5.16. The first kappa shape index (κ1) is 10.2. The summed E-state index contributed by atoms with van der Waals surface area (Å²) in [6.07, 6.45) is 0.931. The summed E-state index contributed by atoms with van der Waals surface area (Å²) in [5.74, 6) is 4.84. The molecule has 5 heteroatoms. The highest BCUT2D eigenvalue weighted by molar-refractivity contribution is 5.72. The highest BCUT2D eigenvalue weighted by Gasteiger charge is 1.94. The maximum atomic E-state index is 10.5. The van der Waals surface area contributed by atoms with Gasteiger partial charge in [0, 0.05) is 6.54 Å². The second-order valence-electron chi connectivity index (χ2n) is 2.56. The number of hydrazine groups is 1. The van der Waals surface area contributed by atoms with Crippen molar-refractivity contribution in [3.8, 4) is 0 Å². The van der Waals surface area contributed by atoms with Gasteiger partial charge < -0.3 is 10.2 Å². The van der Waals surface area contributed by atoms with Crippen LogP contribution in [0.15, 0.2) is 0 Å². The van der Waals surface area contributed by atoms with Crippen molar-refractivity contribution in [2.75, 3.05) is 27.2 Å². The highest BCUT2D eigenvalue weighted by atomic mass is 16.2. The number of amides is 2. The third-order valence-corrected chi connectivity index (χ3v) is 1.20. The van der Waals surface area contributed by atoms with Crippen LogP contribution in [-0.2, 0) is 0 Å². The zero-order chi connectivity index (χ0) is 8.69.